The number of carbonyl (C=O) groups excluding carboxylic acids is 2. The molecule has 108 valence electrons. The summed E-state index contributed by atoms with van der Waals surface area (Å²) in [6.07, 6.45) is 8.54. The van der Waals surface area contributed by atoms with E-state index in [9.17, 15) is 9.59 Å². The normalized spacial score (nSPS) is 25.0. The molecule has 6 heteroatoms. The second kappa shape index (κ2) is 5.91. The first-order valence-corrected chi connectivity index (χ1v) is 8.15. The standard InChI is InChI=1S/C14H19N3O2S/c18-12-9-11(16-14-15-7-8-20-14)13(19)17(12)10-5-3-1-2-4-6-10/h7-8,10-11H,1-6,9H2,(H,15,16). The Morgan fingerprint density at radius 1 is 1.20 bits per heavy atom. The second-order valence-corrected chi connectivity index (χ2v) is 6.38. The Balaban J connectivity index is 1.69. The number of rotatable bonds is 3. The Bertz CT molecular complexity index is 481. The Kier molecular flexibility index (Phi) is 4.00. The topological polar surface area (TPSA) is 62.3 Å². The number of likely N-dealkylation sites (tertiary alicyclic amines) is 1. The predicted molar refractivity (Wildman–Crippen MR) is 77.5 cm³/mol. The monoisotopic (exact) mass is 293 g/mol. The molecule has 3 rings (SSSR count). The minimum Gasteiger partial charge on any atom is -0.349 e. The third-order valence-corrected chi connectivity index (χ3v) is 4.81. The van der Waals surface area contributed by atoms with Crippen LogP contribution in [0.25, 0.3) is 0 Å². The fourth-order valence-corrected chi connectivity index (χ4v) is 3.69. The molecule has 2 amide bonds. The van der Waals surface area contributed by atoms with Crippen LogP contribution in [0.5, 0.6) is 0 Å². The van der Waals surface area contributed by atoms with Crippen LogP contribution in [0.15, 0.2) is 11.6 Å². The van der Waals surface area contributed by atoms with Crippen LogP contribution >= 0.6 is 11.3 Å². The van der Waals surface area contributed by atoms with E-state index in [4.69, 9.17) is 0 Å². The highest BCUT2D eigenvalue weighted by Crippen LogP contribution is 2.28. The second-order valence-electron chi connectivity index (χ2n) is 5.49. The summed E-state index contributed by atoms with van der Waals surface area (Å²) < 4.78 is 0. The van der Waals surface area contributed by atoms with Gasteiger partial charge in [-0.05, 0) is 12.8 Å². The molecule has 20 heavy (non-hydrogen) atoms. The summed E-state index contributed by atoms with van der Waals surface area (Å²) in [5.41, 5.74) is 0. The van der Waals surface area contributed by atoms with Crippen LogP contribution in [0.2, 0.25) is 0 Å². The molecular formula is C14H19N3O2S. The number of hydrogen-bond acceptors (Lipinski definition) is 5. The van der Waals surface area contributed by atoms with Gasteiger partial charge in [-0.25, -0.2) is 4.98 Å². The largest absolute Gasteiger partial charge is 0.349 e. The number of aromatic nitrogens is 1. The number of nitrogens with zero attached hydrogens (tertiary/aromatic N) is 2. The van der Waals surface area contributed by atoms with Crippen molar-refractivity contribution in [2.45, 2.75) is 57.0 Å². The van der Waals surface area contributed by atoms with Gasteiger partial charge in [0.15, 0.2) is 5.13 Å². The molecule has 5 nitrogen and oxygen atoms in total. The van der Waals surface area contributed by atoms with E-state index in [1.54, 1.807) is 6.20 Å². The zero-order valence-electron chi connectivity index (χ0n) is 11.4. The zero-order chi connectivity index (χ0) is 13.9. The van der Waals surface area contributed by atoms with Gasteiger partial charge in [0.25, 0.3) is 5.91 Å². The highest BCUT2D eigenvalue weighted by molar-refractivity contribution is 7.13. The van der Waals surface area contributed by atoms with E-state index in [1.807, 2.05) is 5.38 Å². The molecule has 1 unspecified atom stereocenters. The minimum absolute atomic E-state index is 0.0315. The highest BCUT2D eigenvalue weighted by atomic mass is 32.1. The lowest BCUT2D eigenvalue weighted by Crippen LogP contribution is -2.42. The predicted octanol–water partition coefficient (Wildman–Crippen LogP) is 2.41. The average molecular weight is 293 g/mol. The zero-order valence-corrected chi connectivity index (χ0v) is 12.2. The van der Waals surface area contributed by atoms with Crippen molar-refractivity contribution in [1.82, 2.24) is 9.88 Å². The number of carbonyl (C=O) groups is 2. The third kappa shape index (κ3) is 2.70. The molecule has 1 aromatic rings. The molecule has 2 fully saturated rings. The molecule has 2 heterocycles. The van der Waals surface area contributed by atoms with Gasteiger partial charge in [-0.2, -0.15) is 0 Å². The van der Waals surface area contributed by atoms with E-state index in [0.29, 0.717) is 5.13 Å². The highest BCUT2D eigenvalue weighted by Gasteiger charge is 2.42. The molecule has 0 bridgehead atoms. The van der Waals surface area contributed by atoms with Crippen molar-refractivity contribution in [2.24, 2.45) is 0 Å². The van der Waals surface area contributed by atoms with E-state index < -0.39 is 6.04 Å². The van der Waals surface area contributed by atoms with Gasteiger partial charge in [0.1, 0.15) is 6.04 Å². The lowest BCUT2D eigenvalue weighted by molar-refractivity contribution is -0.141. The molecular weight excluding hydrogens is 274 g/mol. The maximum absolute atomic E-state index is 12.5. The summed E-state index contributed by atoms with van der Waals surface area (Å²) in [4.78, 5) is 30.3. The molecule has 1 N–H and O–H groups in total. The fraction of sp³-hybridized carbons (Fsp3) is 0.643. The number of anilines is 1. The Morgan fingerprint density at radius 3 is 2.60 bits per heavy atom. The number of imide groups is 1. The molecule has 0 spiro atoms. The SMILES string of the molecule is O=C1CC(Nc2nccs2)C(=O)N1C1CCCCCC1. The lowest BCUT2D eigenvalue weighted by Gasteiger charge is -2.25. The van der Waals surface area contributed by atoms with Crippen LogP contribution in [0.3, 0.4) is 0 Å². The molecule has 0 radical (unpaired) electrons. The molecule has 2 aliphatic rings. The van der Waals surface area contributed by atoms with Crippen molar-refractivity contribution >= 4 is 28.3 Å². The number of hydrogen-bond donors (Lipinski definition) is 1. The van der Waals surface area contributed by atoms with Crippen LogP contribution in [-0.4, -0.2) is 33.8 Å². The lowest BCUT2D eigenvalue weighted by atomic mass is 10.1. The Labute approximate surface area is 122 Å². The summed E-state index contributed by atoms with van der Waals surface area (Å²) in [5.74, 6) is -0.104. The molecule has 0 aromatic carbocycles. The van der Waals surface area contributed by atoms with Crippen molar-refractivity contribution in [2.75, 3.05) is 5.32 Å². The summed E-state index contributed by atoms with van der Waals surface area (Å²) in [7, 11) is 0. The van der Waals surface area contributed by atoms with E-state index in [1.165, 1.54) is 29.1 Å². The average Bonchev–Trinajstić information content (AvgIpc) is 2.92. The number of amides is 2. The van der Waals surface area contributed by atoms with E-state index in [-0.39, 0.29) is 24.3 Å². The van der Waals surface area contributed by atoms with Gasteiger partial charge in [0, 0.05) is 17.6 Å². The quantitative estimate of drug-likeness (QED) is 0.686. The van der Waals surface area contributed by atoms with E-state index in [0.717, 1.165) is 25.7 Å². The van der Waals surface area contributed by atoms with Crippen LogP contribution in [0.1, 0.15) is 44.9 Å². The fourth-order valence-electron chi connectivity index (χ4n) is 3.11. The van der Waals surface area contributed by atoms with Crippen LogP contribution < -0.4 is 5.32 Å². The summed E-state index contributed by atoms with van der Waals surface area (Å²) in [6, 6.07) is -0.322. The number of thiazole rings is 1. The van der Waals surface area contributed by atoms with Gasteiger partial charge in [-0.3, -0.25) is 14.5 Å². The van der Waals surface area contributed by atoms with Crippen LogP contribution in [-0.2, 0) is 9.59 Å². The van der Waals surface area contributed by atoms with Gasteiger partial charge in [-0.1, -0.05) is 25.7 Å². The van der Waals surface area contributed by atoms with Gasteiger partial charge < -0.3 is 5.32 Å². The first kappa shape index (κ1) is 13.5. The molecule has 1 aliphatic heterocycles. The smallest absolute Gasteiger partial charge is 0.252 e. The maximum atomic E-state index is 12.5. The summed E-state index contributed by atoms with van der Waals surface area (Å²) in [5, 5.41) is 5.64. The van der Waals surface area contributed by atoms with Crippen molar-refractivity contribution in [1.29, 1.82) is 0 Å². The van der Waals surface area contributed by atoms with Crippen LogP contribution in [0, 0.1) is 0 Å². The van der Waals surface area contributed by atoms with Crippen LogP contribution in [0.4, 0.5) is 5.13 Å². The van der Waals surface area contributed by atoms with Gasteiger partial charge in [0.2, 0.25) is 5.91 Å². The maximum Gasteiger partial charge on any atom is 0.252 e. The van der Waals surface area contributed by atoms with Gasteiger partial charge in [0.05, 0.1) is 6.42 Å². The van der Waals surface area contributed by atoms with Crippen molar-refractivity contribution in [3.63, 3.8) is 0 Å². The molecule has 1 aromatic heterocycles. The first-order valence-electron chi connectivity index (χ1n) is 7.27. The minimum atomic E-state index is -0.433. The number of nitrogens with one attached hydrogen (secondary N) is 1. The Hall–Kier alpha value is -1.43. The van der Waals surface area contributed by atoms with Gasteiger partial charge in [-0.15, -0.1) is 11.3 Å². The Morgan fingerprint density at radius 2 is 1.95 bits per heavy atom. The first-order chi connectivity index (χ1) is 9.75. The van der Waals surface area contributed by atoms with Crippen molar-refractivity contribution < 1.29 is 9.59 Å². The molecule has 1 atom stereocenters. The van der Waals surface area contributed by atoms with E-state index in [2.05, 4.69) is 10.3 Å². The molecule has 1 aliphatic carbocycles. The molecule has 1 saturated heterocycles. The molecule has 1 saturated carbocycles. The van der Waals surface area contributed by atoms with Crippen molar-refractivity contribution in [3.8, 4) is 0 Å². The van der Waals surface area contributed by atoms with E-state index >= 15 is 0 Å². The summed E-state index contributed by atoms with van der Waals surface area (Å²) in [6.45, 7) is 0. The summed E-state index contributed by atoms with van der Waals surface area (Å²) >= 11 is 1.45. The third-order valence-electron chi connectivity index (χ3n) is 4.10. The van der Waals surface area contributed by atoms with Gasteiger partial charge >= 0.3 is 0 Å². The van der Waals surface area contributed by atoms with Crippen molar-refractivity contribution in [3.05, 3.63) is 11.6 Å².